The van der Waals surface area contributed by atoms with Gasteiger partial charge in [0.25, 0.3) is 5.56 Å². The number of rotatable bonds is 4. The number of nitrogens with zero attached hydrogens (tertiary/aromatic N) is 3. The molecule has 1 aliphatic heterocycles. The molecule has 1 N–H and O–H groups in total. The summed E-state index contributed by atoms with van der Waals surface area (Å²) in [5.74, 6) is 0.142. The lowest BCUT2D eigenvalue weighted by Gasteiger charge is -2.20. The second-order valence-corrected chi connectivity index (χ2v) is 8.19. The van der Waals surface area contributed by atoms with Crippen molar-refractivity contribution in [2.45, 2.75) is 37.8 Å². The molecule has 23 heavy (non-hydrogen) atoms. The van der Waals surface area contributed by atoms with Gasteiger partial charge in [-0.15, -0.1) is 0 Å². The van der Waals surface area contributed by atoms with Crippen molar-refractivity contribution in [1.82, 2.24) is 18.8 Å². The van der Waals surface area contributed by atoms with Crippen LogP contribution in [-0.2, 0) is 24.1 Å². The highest BCUT2D eigenvalue weighted by molar-refractivity contribution is 7.89. The number of likely N-dealkylation sites (tertiary alicyclic amines) is 1. The normalized spacial score (nSPS) is 22.9. The molecule has 0 bridgehead atoms. The maximum Gasteiger partial charge on any atom is 0.330 e. The van der Waals surface area contributed by atoms with E-state index in [4.69, 9.17) is 0 Å². The SMILES string of the molecule is CC(C)N1C[C@@H](C)[C@H](NS(=O)(=O)c2cn(C)c(=O)n(C)c2=O)C1. The van der Waals surface area contributed by atoms with Gasteiger partial charge in [0, 0.05) is 45.5 Å². The molecule has 0 aromatic carbocycles. The van der Waals surface area contributed by atoms with Crippen molar-refractivity contribution < 1.29 is 8.42 Å². The maximum absolute atomic E-state index is 12.6. The van der Waals surface area contributed by atoms with Gasteiger partial charge in [0.05, 0.1) is 0 Å². The standard InChI is InChI=1S/C14H24N4O4S/c1-9(2)18-6-10(3)11(7-18)15-23(21,22)12-8-16(4)14(20)17(5)13(12)19/h8-11,15H,6-7H2,1-5H3/t10-,11-/m1/s1. The van der Waals surface area contributed by atoms with E-state index in [-0.39, 0.29) is 12.0 Å². The fourth-order valence-electron chi connectivity index (χ4n) is 2.80. The lowest BCUT2D eigenvalue weighted by molar-refractivity contribution is 0.265. The molecule has 0 aliphatic carbocycles. The van der Waals surface area contributed by atoms with E-state index in [1.54, 1.807) is 0 Å². The van der Waals surface area contributed by atoms with Crippen molar-refractivity contribution in [1.29, 1.82) is 0 Å². The van der Waals surface area contributed by atoms with E-state index in [1.807, 2.05) is 6.92 Å². The molecule has 130 valence electrons. The Morgan fingerprint density at radius 2 is 1.83 bits per heavy atom. The molecule has 0 unspecified atom stereocenters. The summed E-state index contributed by atoms with van der Waals surface area (Å²) < 4.78 is 29.7. The molecule has 0 spiro atoms. The largest absolute Gasteiger partial charge is 0.330 e. The predicted molar refractivity (Wildman–Crippen MR) is 86.9 cm³/mol. The van der Waals surface area contributed by atoms with Crippen molar-refractivity contribution >= 4 is 10.0 Å². The third-order valence-electron chi connectivity index (χ3n) is 4.38. The van der Waals surface area contributed by atoms with Gasteiger partial charge in [0.2, 0.25) is 10.0 Å². The van der Waals surface area contributed by atoms with E-state index in [1.165, 1.54) is 14.1 Å². The molecule has 1 aromatic heterocycles. The van der Waals surface area contributed by atoms with Gasteiger partial charge in [-0.2, -0.15) is 0 Å². The van der Waals surface area contributed by atoms with Crippen LogP contribution in [0.4, 0.5) is 0 Å². The van der Waals surface area contributed by atoms with Crippen molar-refractivity contribution in [3.8, 4) is 0 Å². The van der Waals surface area contributed by atoms with Crippen LogP contribution < -0.4 is 16.0 Å². The number of nitrogens with one attached hydrogen (secondary N) is 1. The van der Waals surface area contributed by atoms with Crippen LogP contribution in [0.15, 0.2) is 20.7 Å². The highest BCUT2D eigenvalue weighted by Gasteiger charge is 2.35. The Balaban J connectivity index is 2.34. The summed E-state index contributed by atoms with van der Waals surface area (Å²) in [5.41, 5.74) is -1.37. The minimum Gasteiger partial charge on any atom is -0.302 e. The summed E-state index contributed by atoms with van der Waals surface area (Å²) in [6.45, 7) is 7.51. The van der Waals surface area contributed by atoms with Gasteiger partial charge in [-0.3, -0.25) is 14.3 Å². The van der Waals surface area contributed by atoms with Gasteiger partial charge < -0.3 is 4.57 Å². The van der Waals surface area contributed by atoms with Gasteiger partial charge in [-0.25, -0.2) is 17.9 Å². The molecule has 2 heterocycles. The van der Waals surface area contributed by atoms with Gasteiger partial charge in [-0.1, -0.05) is 6.92 Å². The van der Waals surface area contributed by atoms with Crippen LogP contribution in [0, 0.1) is 5.92 Å². The van der Waals surface area contributed by atoms with Gasteiger partial charge in [0.15, 0.2) is 4.90 Å². The van der Waals surface area contributed by atoms with E-state index in [0.717, 1.165) is 21.9 Å². The minimum atomic E-state index is -3.99. The topological polar surface area (TPSA) is 93.4 Å². The van der Waals surface area contributed by atoms with Crippen LogP contribution in [0.25, 0.3) is 0 Å². The van der Waals surface area contributed by atoms with Crippen LogP contribution in [0.1, 0.15) is 20.8 Å². The van der Waals surface area contributed by atoms with Crippen LogP contribution in [0.2, 0.25) is 0 Å². The summed E-state index contributed by atoms with van der Waals surface area (Å²) in [6.07, 6.45) is 1.08. The second-order valence-electron chi connectivity index (χ2n) is 6.50. The zero-order chi connectivity index (χ0) is 17.5. The summed E-state index contributed by atoms with van der Waals surface area (Å²) >= 11 is 0. The molecule has 1 aliphatic rings. The quantitative estimate of drug-likeness (QED) is 0.763. The van der Waals surface area contributed by atoms with E-state index in [2.05, 4.69) is 23.5 Å². The Bertz CT molecular complexity index is 809. The zero-order valence-corrected chi connectivity index (χ0v) is 14.9. The van der Waals surface area contributed by atoms with Crippen LogP contribution in [-0.4, -0.2) is 47.6 Å². The van der Waals surface area contributed by atoms with Gasteiger partial charge in [-0.05, 0) is 19.8 Å². The molecule has 1 saturated heterocycles. The lowest BCUT2D eigenvalue weighted by atomic mass is 10.1. The fraction of sp³-hybridized carbons (Fsp3) is 0.714. The van der Waals surface area contributed by atoms with Crippen molar-refractivity contribution in [3.63, 3.8) is 0 Å². The Morgan fingerprint density at radius 3 is 2.35 bits per heavy atom. The fourth-order valence-corrected chi connectivity index (χ4v) is 4.30. The Kier molecular flexibility index (Phi) is 4.84. The molecule has 2 atom stereocenters. The first-order valence-corrected chi connectivity index (χ1v) is 9.06. The first-order valence-electron chi connectivity index (χ1n) is 7.57. The van der Waals surface area contributed by atoms with Crippen molar-refractivity contribution in [2.75, 3.05) is 13.1 Å². The van der Waals surface area contributed by atoms with E-state index < -0.39 is 26.2 Å². The molecule has 0 saturated carbocycles. The van der Waals surface area contributed by atoms with E-state index in [9.17, 15) is 18.0 Å². The summed E-state index contributed by atoms with van der Waals surface area (Å²) in [6, 6.07) is 0.0710. The van der Waals surface area contributed by atoms with Crippen molar-refractivity contribution in [2.24, 2.45) is 20.0 Å². The zero-order valence-electron chi connectivity index (χ0n) is 14.1. The number of hydrogen-bond acceptors (Lipinski definition) is 5. The summed E-state index contributed by atoms with van der Waals surface area (Å²) in [7, 11) is -1.31. The monoisotopic (exact) mass is 344 g/mol. The molecule has 1 fully saturated rings. The molecule has 8 nitrogen and oxygen atoms in total. The summed E-state index contributed by atoms with van der Waals surface area (Å²) in [4.78, 5) is 25.6. The molecular formula is C14H24N4O4S. The summed E-state index contributed by atoms with van der Waals surface area (Å²) in [5, 5.41) is 0. The van der Waals surface area contributed by atoms with Crippen LogP contribution >= 0.6 is 0 Å². The number of hydrogen-bond donors (Lipinski definition) is 1. The van der Waals surface area contributed by atoms with Gasteiger partial charge >= 0.3 is 5.69 Å². The van der Waals surface area contributed by atoms with E-state index in [0.29, 0.717) is 12.6 Å². The third kappa shape index (κ3) is 3.41. The van der Waals surface area contributed by atoms with E-state index >= 15 is 0 Å². The molecule has 0 radical (unpaired) electrons. The first kappa shape index (κ1) is 17.9. The molecule has 2 rings (SSSR count). The Labute approximate surface area is 135 Å². The van der Waals surface area contributed by atoms with Gasteiger partial charge in [0.1, 0.15) is 0 Å². The second kappa shape index (κ2) is 6.21. The van der Waals surface area contributed by atoms with Crippen LogP contribution in [0.3, 0.4) is 0 Å². The maximum atomic E-state index is 12.6. The smallest absolute Gasteiger partial charge is 0.302 e. The minimum absolute atomic E-state index is 0.142. The highest BCUT2D eigenvalue weighted by atomic mass is 32.2. The number of aryl methyl sites for hydroxylation is 1. The Morgan fingerprint density at radius 1 is 1.22 bits per heavy atom. The highest BCUT2D eigenvalue weighted by Crippen LogP contribution is 2.20. The third-order valence-corrected chi connectivity index (χ3v) is 5.85. The molecule has 9 heteroatoms. The Hall–Kier alpha value is -1.45. The lowest BCUT2D eigenvalue weighted by Crippen LogP contribution is -2.45. The number of sulfonamides is 1. The average molecular weight is 344 g/mol. The first-order chi connectivity index (χ1) is 10.5. The predicted octanol–water partition coefficient (Wildman–Crippen LogP) is -0.909. The number of aromatic nitrogens is 2. The van der Waals surface area contributed by atoms with Crippen molar-refractivity contribution in [3.05, 3.63) is 27.0 Å². The molecule has 1 aromatic rings. The average Bonchev–Trinajstić information content (AvgIpc) is 2.81. The van der Waals surface area contributed by atoms with Crippen LogP contribution in [0.5, 0.6) is 0 Å². The molecular weight excluding hydrogens is 320 g/mol. The molecule has 0 amide bonds.